The van der Waals surface area contributed by atoms with Crippen molar-refractivity contribution in [1.82, 2.24) is 15.0 Å². The number of hydrogen-bond acceptors (Lipinski definition) is 4. The van der Waals surface area contributed by atoms with Crippen molar-refractivity contribution in [2.75, 3.05) is 33.2 Å². The van der Waals surface area contributed by atoms with E-state index in [1.165, 1.54) is 6.07 Å². The summed E-state index contributed by atoms with van der Waals surface area (Å²) < 4.78 is 19.3. The van der Waals surface area contributed by atoms with Crippen molar-refractivity contribution in [2.45, 2.75) is 44.9 Å². The molecule has 1 amide bonds. The molecule has 0 N–H and O–H groups in total. The minimum Gasteiger partial charge on any atom is -0.360 e. The van der Waals surface area contributed by atoms with E-state index in [0.717, 1.165) is 88.0 Å². The molecule has 2 aliphatic rings. The zero-order valence-corrected chi connectivity index (χ0v) is 17.2. The number of amides is 1. The first-order chi connectivity index (χ1) is 14.1. The number of fused-ring (bicyclic) bond motifs is 1. The van der Waals surface area contributed by atoms with E-state index in [1.54, 1.807) is 11.0 Å². The molecule has 2 heterocycles. The Labute approximate surface area is 171 Å². The van der Waals surface area contributed by atoms with Crippen molar-refractivity contribution >= 4 is 5.91 Å². The van der Waals surface area contributed by atoms with E-state index in [1.807, 2.05) is 19.2 Å². The van der Waals surface area contributed by atoms with Crippen molar-refractivity contribution in [3.05, 3.63) is 52.7 Å². The average molecular weight is 400 g/mol. The van der Waals surface area contributed by atoms with Crippen LogP contribution >= 0.6 is 0 Å². The largest absolute Gasteiger partial charge is 0.360 e. The van der Waals surface area contributed by atoms with Gasteiger partial charge in [-0.15, -0.1) is 0 Å². The number of rotatable bonds is 6. The molecule has 1 fully saturated rings. The predicted molar refractivity (Wildman–Crippen MR) is 109 cm³/mol. The normalized spacial score (nSPS) is 19.7. The van der Waals surface area contributed by atoms with Crippen LogP contribution in [0.25, 0.3) is 0 Å². The van der Waals surface area contributed by atoms with Crippen LogP contribution in [0.1, 0.15) is 53.1 Å². The van der Waals surface area contributed by atoms with Gasteiger partial charge in [0.15, 0.2) is 5.69 Å². The van der Waals surface area contributed by atoms with Gasteiger partial charge in [0.25, 0.3) is 5.91 Å². The lowest BCUT2D eigenvalue weighted by atomic mass is 9.95. The van der Waals surface area contributed by atoms with Crippen LogP contribution in [0, 0.1) is 11.7 Å². The van der Waals surface area contributed by atoms with Crippen LogP contribution in [0.5, 0.6) is 0 Å². The summed E-state index contributed by atoms with van der Waals surface area (Å²) in [5.74, 6) is 1.17. The molecule has 2 aromatic rings. The lowest BCUT2D eigenvalue weighted by Gasteiger charge is -2.34. The molecule has 1 saturated heterocycles. The van der Waals surface area contributed by atoms with Crippen LogP contribution in [-0.2, 0) is 19.3 Å². The van der Waals surface area contributed by atoms with Crippen molar-refractivity contribution in [1.29, 1.82) is 0 Å². The minimum absolute atomic E-state index is 0.0274. The number of carbonyl (C=O) groups excluding carboxylic acids is 1. The van der Waals surface area contributed by atoms with Crippen LogP contribution < -0.4 is 0 Å². The van der Waals surface area contributed by atoms with E-state index in [4.69, 9.17) is 4.52 Å². The van der Waals surface area contributed by atoms with Gasteiger partial charge >= 0.3 is 0 Å². The van der Waals surface area contributed by atoms with Crippen LogP contribution in [0.15, 0.2) is 28.8 Å². The van der Waals surface area contributed by atoms with Gasteiger partial charge in [0.2, 0.25) is 0 Å². The number of carbonyl (C=O) groups is 1. The zero-order valence-electron chi connectivity index (χ0n) is 17.2. The standard InChI is InChI=1S/C23H30FN3O2/c1-26(23(28)22-19-9-3-5-11-21(19)29-25-22)15-17-7-6-13-27(16-17)14-12-18-8-2-4-10-20(18)24/h2,4,8,10,17H,3,5-7,9,11-16H2,1H3. The second-order valence-electron chi connectivity index (χ2n) is 8.48. The van der Waals surface area contributed by atoms with E-state index < -0.39 is 0 Å². The van der Waals surface area contributed by atoms with Crippen LogP contribution in [0.3, 0.4) is 0 Å². The molecule has 1 aliphatic carbocycles. The number of aromatic nitrogens is 1. The summed E-state index contributed by atoms with van der Waals surface area (Å²) in [7, 11) is 1.87. The maximum atomic E-state index is 13.9. The number of nitrogens with zero attached hydrogens (tertiary/aromatic N) is 3. The Bertz CT molecular complexity index is 850. The monoisotopic (exact) mass is 399 g/mol. The Hall–Kier alpha value is -2.21. The molecule has 1 aliphatic heterocycles. The van der Waals surface area contributed by atoms with E-state index in [9.17, 15) is 9.18 Å². The summed E-state index contributed by atoms with van der Waals surface area (Å²) in [5.41, 5.74) is 2.30. The summed E-state index contributed by atoms with van der Waals surface area (Å²) in [6, 6.07) is 7.01. The summed E-state index contributed by atoms with van der Waals surface area (Å²) in [4.78, 5) is 17.1. The van der Waals surface area contributed by atoms with Crippen molar-refractivity contribution < 1.29 is 13.7 Å². The molecular weight excluding hydrogens is 369 g/mol. The predicted octanol–water partition coefficient (Wildman–Crippen LogP) is 3.72. The molecule has 0 saturated carbocycles. The van der Waals surface area contributed by atoms with Crippen LogP contribution in [0.2, 0.25) is 0 Å². The lowest BCUT2D eigenvalue weighted by molar-refractivity contribution is 0.0719. The van der Waals surface area contributed by atoms with Crippen molar-refractivity contribution in [3.8, 4) is 0 Å². The number of hydrogen-bond donors (Lipinski definition) is 0. The number of halogens is 1. The van der Waals surface area contributed by atoms with Gasteiger partial charge in [0, 0.05) is 38.7 Å². The Morgan fingerprint density at radius 1 is 1.28 bits per heavy atom. The van der Waals surface area contributed by atoms with Crippen LogP contribution in [-0.4, -0.2) is 54.1 Å². The maximum absolute atomic E-state index is 13.9. The minimum atomic E-state index is -0.123. The second-order valence-corrected chi connectivity index (χ2v) is 8.48. The fraction of sp³-hybridized carbons (Fsp3) is 0.565. The molecule has 4 rings (SSSR count). The molecule has 0 spiro atoms. The van der Waals surface area contributed by atoms with Gasteiger partial charge in [-0.3, -0.25) is 4.79 Å². The quantitative estimate of drug-likeness (QED) is 0.743. The van der Waals surface area contributed by atoms with Crippen molar-refractivity contribution in [3.63, 3.8) is 0 Å². The highest BCUT2D eigenvalue weighted by molar-refractivity contribution is 5.93. The molecule has 1 aromatic carbocycles. The van der Waals surface area contributed by atoms with Crippen LogP contribution in [0.4, 0.5) is 4.39 Å². The van der Waals surface area contributed by atoms with Crippen molar-refractivity contribution in [2.24, 2.45) is 5.92 Å². The topological polar surface area (TPSA) is 49.6 Å². The lowest BCUT2D eigenvalue weighted by Crippen LogP contribution is -2.42. The maximum Gasteiger partial charge on any atom is 0.276 e. The summed E-state index contributed by atoms with van der Waals surface area (Å²) in [6.45, 7) is 3.56. The smallest absolute Gasteiger partial charge is 0.276 e. The Morgan fingerprint density at radius 2 is 2.10 bits per heavy atom. The fourth-order valence-corrected chi connectivity index (χ4v) is 4.69. The zero-order chi connectivity index (χ0) is 20.2. The third-order valence-corrected chi connectivity index (χ3v) is 6.29. The molecule has 156 valence electrons. The molecular formula is C23H30FN3O2. The van der Waals surface area contributed by atoms with E-state index in [2.05, 4.69) is 10.1 Å². The first-order valence-electron chi connectivity index (χ1n) is 10.8. The molecule has 1 atom stereocenters. The average Bonchev–Trinajstić information content (AvgIpc) is 3.17. The first kappa shape index (κ1) is 20.1. The Balaban J connectivity index is 1.31. The van der Waals surface area contributed by atoms with E-state index in [0.29, 0.717) is 11.6 Å². The first-order valence-corrected chi connectivity index (χ1v) is 10.8. The Morgan fingerprint density at radius 3 is 2.97 bits per heavy atom. The van der Waals surface area contributed by atoms with E-state index >= 15 is 0 Å². The number of benzene rings is 1. The molecule has 0 bridgehead atoms. The highest BCUT2D eigenvalue weighted by Gasteiger charge is 2.28. The van der Waals surface area contributed by atoms with Gasteiger partial charge in [-0.1, -0.05) is 23.4 Å². The third-order valence-electron chi connectivity index (χ3n) is 6.29. The second kappa shape index (κ2) is 9.08. The SMILES string of the molecule is CN(CC1CCCN(CCc2ccccc2F)C1)C(=O)c1noc2c1CCCC2. The molecule has 1 unspecified atom stereocenters. The van der Waals surface area contributed by atoms with Gasteiger partial charge in [0.05, 0.1) is 0 Å². The van der Waals surface area contributed by atoms with E-state index in [-0.39, 0.29) is 11.7 Å². The number of likely N-dealkylation sites (tertiary alicyclic amines) is 1. The molecule has 6 heteroatoms. The molecule has 0 radical (unpaired) electrons. The van der Waals surface area contributed by atoms with Gasteiger partial charge in [-0.05, 0) is 62.6 Å². The van der Waals surface area contributed by atoms with Gasteiger partial charge in [-0.2, -0.15) is 0 Å². The van der Waals surface area contributed by atoms with Gasteiger partial charge < -0.3 is 14.3 Å². The highest BCUT2D eigenvalue weighted by Crippen LogP contribution is 2.25. The Kier molecular flexibility index (Phi) is 6.28. The molecule has 29 heavy (non-hydrogen) atoms. The van der Waals surface area contributed by atoms with Gasteiger partial charge in [-0.25, -0.2) is 4.39 Å². The number of aryl methyl sites for hydroxylation is 1. The summed E-state index contributed by atoms with van der Waals surface area (Å²) in [6.07, 6.45) is 6.93. The third kappa shape index (κ3) is 4.69. The number of piperidine rings is 1. The summed E-state index contributed by atoms with van der Waals surface area (Å²) in [5, 5.41) is 4.09. The summed E-state index contributed by atoms with van der Waals surface area (Å²) >= 11 is 0. The molecule has 5 nitrogen and oxygen atoms in total. The van der Waals surface area contributed by atoms with Gasteiger partial charge in [0.1, 0.15) is 11.6 Å². The highest BCUT2D eigenvalue weighted by atomic mass is 19.1. The molecule has 1 aromatic heterocycles. The fourth-order valence-electron chi connectivity index (χ4n) is 4.69.